The second kappa shape index (κ2) is 6.71. The summed E-state index contributed by atoms with van der Waals surface area (Å²) in [5.74, 6) is 0. The van der Waals surface area contributed by atoms with E-state index < -0.39 is 0 Å². The lowest BCUT2D eigenvalue weighted by Gasteiger charge is -2.12. The Morgan fingerprint density at radius 2 is 2.05 bits per heavy atom. The average molecular weight is 271 g/mol. The quantitative estimate of drug-likeness (QED) is 0.877. The van der Waals surface area contributed by atoms with Gasteiger partial charge in [0.15, 0.2) is 0 Å². The van der Waals surface area contributed by atoms with Gasteiger partial charge in [0.25, 0.3) is 0 Å². The summed E-state index contributed by atoms with van der Waals surface area (Å²) in [7, 11) is 0. The molecule has 1 aromatic carbocycles. The largest absolute Gasteiger partial charge is 0.327 e. The van der Waals surface area contributed by atoms with E-state index in [2.05, 4.69) is 54.0 Å². The summed E-state index contributed by atoms with van der Waals surface area (Å²) in [4.78, 5) is 0. The van der Waals surface area contributed by atoms with Crippen molar-refractivity contribution in [1.29, 1.82) is 0 Å². The lowest BCUT2D eigenvalue weighted by molar-refractivity contribution is 0.554. The Hall–Kier alpha value is -1.61. The summed E-state index contributed by atoms with van der Waals surface area (Å²) >= 11 is 0. The van der Waals surface area contributed by atoms with Crippen LogP contribution in [0.15, 0.2) is 30.3 Å². The highest BCUT2D eigenvalue weighted by Gasteiger charge is 2.10. The van der Waals surface area contributed by atoms with E-state index in [0.717, 1.165) is 31.5 Å². The maximum Gasteiger partial charge on any atom is 0.0596 e. The monoisotopic (exact) mass is 271 g/mol. The second-order valence-corrected chi connectivity index (χ2v) is 5.58. The van der Waals surface area contributed by atoms with Gasteiger partial charge in [0, 0.05) is 24.7 Å². The van der Waals surface area contributed by atoms with Crippen LogP contribution in [0.3, 0.4) is 0 Å². The molecule has 0 aliphatic carbocycles. The number of hydrogen-bond donors (Lipinski definition) is 1. The van der Waals surface area contributed by atoms with Gasteiger partial charge in [-0.15, -0.1) is 0 Å². The van der Waals surface area contributed by atoms with Crippen LogP contribution in [0.25, 0.3) is 0 Å². The van der Waals surface area contributed by atoms with E-state index in [9.17, 15) is 0 Å². The second-order valence-electron chi connectivity index (χ2n) is 5.58. The maximum absolute atomic E-state index is 6.28. The van der Waals surface area contributed by atoms with E-state index in [1.54, 1.807) is 0 Å². The number of aromatic nitrogens is 2. The van der Waals surface area contributed by atoms with Crippen molar-refractivity contribution in [2.24, 2.45) is 5.73 Å². The molecule has 3 nitrogen and oxygen atoms in total. The zero-order valence-corrected chi connectivity index (χ0v) is 12.8. The molecule has 0 spiro atoms. The van der Waals surface area contributed by atoms with Gasteiger partial charge in [-0.25, -0.2) is 0 Å². The van der Waals surface area contributed by atoms with Gasteiger partial charge in [0.1, 0.15) is 0 Å². The molecule has 0 saturated heterocycles. The Bertz CT molecular complexity index is 557. The summed E-state index contributed by atoms with van der Waals surface area (Å²) in [6.07, 6.45) is 2.96. The fraction of sp³-hybridized carbons (Fsp3) is 0.471. The van der Waals surface area contributed by atoms with Gasteiger partial charge in [-0.3, -0.25) is 4.68 Å². The molecule has 0 saturated carbocycles. The smallest absolute Gasteiger partial charge is 0.0596 e. The Morgan fingerprint density at radius 1 is 1.25 bits per heavy atom. The van der Waals surface area contributed by atoms with Crippen molar-refractivity contribution in [3.63, 3.8) is 0 Å². The number of nitrogens with two attached hydrogens (primary N) is 1. The van der Waals surface area contributed by atoms with Crippen molar-refractivity contribution >= 4 is 0 Å². The Labute approximate surface area is 121 Å². The number of benzene rings is 1. The fourth-order valence-electron chi connectivity index (χ4n) is 2.63. The lowest BCUT2D eigenvalue weighted by Crippen LogP contribution is -2.25. The molecule has 0 aliphatic rings. The minimum atomic E-state index is 0.192. The average Bonchev–Trinajstić information content (AvgIpc) is 2.76. The van der Waals surface area contributed by atoms with Crippen LogP contribution in [-0.4, -0.2) is 15.8 Å². The van der Waals surface area contributed by atoms with Gasteiger partial charge in [0.05, 0.1) is 5.69 Å². The van der Waals surface area contributed by atoms with E-state index in [1.807, 2.05) is 6.92 Å². The highest BCUT2D eigenvalue weighted by molar-refractivity contribution is 5.22. The van der Waals surface area contributed by atoms with Crippen LogP contribution in [-0.2, 0) is 19.4 Å². The molecule has 2 aromatic rings. The summed E-state index contributed by atoms with van der Waals surface area (Å²) in [5.41, 5.74) is 11.3. The van der Waals surface area contributed by atoms with Crippen LogP contribution < -0.4 is 5.73 Å². The third-order valence-corrected chi connectivity index (χ3v) is 3.64. The molecule has 0 radical (unpaired) electrons. The minimum Gasteiger partial charge on any atom is -0.327 e. The minimum absolute atomic E-state index is 0.192. The molecule has 1 aromatic heterocycles. The van der Waals surface area contributed by atoms with Crippen LogP contribution in [0.4, 0.5) is 0 Å². The van der Waals surface area contributed by atoms with Crippen LogP contribution in [0.5, 0.6) is 0 Å². The third-order valence-electron chi connectivity index (χ3n) is 3.64. The summed E-state index contributed by atoms with van der Waals surface area (Å²) in [6, 6.07) is 11.0. The van der Waals surface area contributed by atoms with Crippen molar-refractivity contribution in [3.05, 3.63) is 52.8 Å². The SMILES string of the molecule is CCn1nc(C)cc1CC(N)CCc1cccc(C)c1. The zero-order valence-electron chi connectivity index (χ0n) is 12.8. The van der Waals surface area contributed by atoms with Crippen LogP contribution in [0, 0.1) is 13.8 Å². The van der Waals surface area contributed by atoms with Crippen molar-refractivity contribution < 1.29 is 0 Å². The first-order valence-corrected chi connectivity index (χ1v) is 7.43. The van der Waals surface area contributed by atoms with Gasteiger partial charge in [-0.2, -0.15) is 5.10 Å². The van der Waals surface area contributed by atoms with E-state index in [-0.39, 0.29) is 6.04 Å². The van der Waals surface area contributed by atoms with Crippen molar-refractivity contribution in [2.45, 2.75) is 52.6 Å². The molecule has 1 atom stereocenters. The topological polar surface area (TPSA) is 43.8 Å². The van der Waals surface area contributed by atoms with E-state index in [1.165, 1.54) is 16.8 Å². The molecule has 0 bridgehead atoms. The van der Waals surface area contributed by atoms with Crippen molar-refractivity contribution in [1.82, 2.24) is 9.78 Å². The number of hydrogen-bond acceptors (Lipinski definition) is 2. The Morgan fingerprint density at radius 3 is 2.75 bits per heavy atom. The van der Waals surface area contributed by atoms with Gasteiger partial charge >= 0.3 is 0 Å². The predicted octanol–water partition coefficient (Wildman–Crippen LogP) is 3.02. The summed E-state index contributed by atoms with van der Waals surface area (Å²) < 4.78 is 2.06. The first-order valence-electron chi connectivity index (χ1n) is 7.43. The van der Waals surface area contributed by atoms with E-state index >= 15 is 0 Å². The van der Waals surface area contributed by atoms with Crippen molar-refractivity contribution in [3.8, 4) is 0 Å². The Kier molecular flexibility index (Phi) is 4.96. The molecule has 0 fully saturated rings. The standard InChI is InChI=1S/C17H25N3/c1-4-20-17(11-14(3)19-20)12-16(18)9-8-15-7-5-6-13(2)10-15/h5-7,10-11,16H,4,8-9,12,18H2,1-3H3. The van der Waals surface area contributed by atoms with E-state index in [4.69, 9.17) is 5.73 Å². The number of rotatable bonds is 6. The summed E-state index contributed by atoms with van der Waals surface area (Å²) in [6.45, 7) is 7.20. The molecule has 0 amide bonds. The molecule has 2 rings (SSSR count). The lowest BCUT2D eigenvalue weighted by atomic mass is 10.0. The first-order chi connectivity index (χ1) is 9.58. The molecule has 1 heterocycles. The van der Waals surface area contributed by atoms with Crippen LogP contribution in [0.2, 0.25) is 0 Å². The highest BCUT2D eigenvalue weighted by atomic mass is 15.3. The number of aryl methyl sites for hydroxylation is 4. The molecule has 108 valence electrons. The molecule has 1 unspecified atom stereocenters. The molecule has 2 N–H and O–H groups in total. The van der Waals surface area contributed by atoms with Crippen molar-refractivity contribution in [2.75, 3.05) is 0 Å². The van der Waals surface area contributed by atoms with E-state index in [0.29, 0.717) is 0 Å². The summed E-state index contributed by atoms with van der Waals surface area (Å²) in [5, 5.41) is 4.47. The van der Waals surface area contributed by atoms with Gasteiger partial charge in [-0.1, -0.05) is 29.8 Å². The van der Waals surface area contributed by atoms with Crippen LogP contribution in [0.1, 0.15) is 35.9 Å². The molecule has 3 heteroatoms. The van der Waals surface area contributed by atoms with Gasteiger partial charge in [0.2, 0.25) is 0 Å². The highest BCUT2D eigenvalue weighted by Crippen LogP contribution is 2.11. The normalized spacial score (nSPS) is 12.6. The Balaban J connectivity index is 1.90. The molecule has 0 aliphatic heterocycles. The van der Waals surface area contributed by atoms with Gasteiger partial charge < -0.3 is 5.73 Å². The predicted molar refractivity (Wildman–Crippen MR) is 83.8 cm³/mol. The maximum atomic E-state index is 6.28. The molecular weight excluding hydrogens is 246 g/mol. The third kappa shape index (κ3) is 3.94. The van der Waals surface area contributed by atoms with Crippen LogP contribution >= 0.6 is 0 Å². The van der Waals surface area contributed by atoms with Gasteiger partial charge in [-0.05, 0) is 45.2 Å². The molecular formula is C17H25N3. The zero-order chi connectivity index (χ0) is 14.5. The first kappa shape index (κ1) is 14.8. The fourth-order valence-corrected chi connectivity index (χ4v) is 2.63. The number of nitrogens with zero attached hydrogens (tertiary/aromatic N) is 2. The molecule has 20 heavy (non-hydrogen) atoms.